The largest absolute Gasteiger partial charge is 0.316 e. The fourth-order valence-electron chi connectivity index (χ4n) is 2.53. The van der Waals surface area contributed by atoms with Crippen LogP contribution in [0, 0.1) is 0 Å². The Bertz CT molecular complexity index is 311. The first-order chi connectivity index (χ1) is 7.29. The zero-order valence-electron chi connectivity index (χ0n) is 9.79. The SMILES string of the molecule is CC(C)c1ccccc1[C@H]1CCCNC1. The summed E-state index contributed by atoms with van der Waals surface area (Å²) in [6.07, 6.45) is 2.66. The third kappa shape index (κ3) is 2.40. The van der Waals surface area contributed by atoms with E-state index in [1.807, 2.05) is 0 Å². The molecule has 82 valence electrons. The van der Waals surface area contributed by atoms with E-state index in [-0.39, 0.29) is 0 Å². The molecule has 0 amide bonds. The van der Waals surface area contributed by atoms with Gasteiger partial charge in [-0.15, -0.1) is 0 Å². The fraction of sp³-hybridized carbons (Fsp3) is 0.571. The van der Waals surface area contributed by atoms with Gasteiger partial charge < -0.3 is 5.32 Å². The van der Waals surface area contributed by atoms with Crippen molar-refractivity contribution in [2.45, 2.75) is 38.5 Å². The van der Waals surface area contributed by atoms with E-state index in [0.717, 1.165) is 12.5 Å². The average Bonchev–Trinajstić information content (AvgIpc) is 2.30. The average molecular weight is 203 g/mol. The summed E-state index contributed by atoms with van der Waals surface area (Å²) in [7, 11) is 0. The van der Waals surface area contributed by atoms with Gasteiger partial charge in [-0.1, -0.05) is 38.1 Å². The predicted molar refractivity (Wildman–Crippen MR) is 65.4 cm³/mol. The van der Waals surface area contributed by atoms with Gasteiger partial charge in [0.15, 0.2) is 0 Å². The van der Waals surface area contributed by atoms with E-state index in [0.29, 0.717) is 5.92 Å². The van der Waals surface area contributed by atoms with Gasteiger partial charge in [0.05, 0.1) is 0 Å². The number of benzene rings is 1. The molecule has 15 heavy (non-hydrogen) atoms. The Morgan fingerprint density at radius 2 is 2.07 bits per heavy atom. The van der Waals surface area contributed by atoms with Crippen LogP contribution in [-0.2, 0) is 0 Å². The highest BCUT2D eigenvalue weighted by Crippen LogP contribution is 2.29. The molecule has 1 saturated heterocycles. The Morgan fingerprint density at radius 1 is 1.27 bits per heavy atom. The second-order valence-electron chi connectivity index (χ2n) is 4.83. The summed E-state index contributed by atoms with van der Waals surface area (Å²) in [5.74, 6) is 1.38. The summed E-state index contributed by atoms with van der Waals surface area (Å²) in [5, 5.41) is 3.50. The zero-order valence-corrected chi connectivity index (χ0v) is 9.79. The topological polar surface area (TPSA) is 12.0 Å². The van der Waals surface area contributed by atoms with Crippen LogP contribution in [0.5, 0.6) is 0 Å². The number of rotatable bonds is 2. The molecule has 0 unspecified atom stereocenters. The Kier molecular flexibility index (Phi) is 3.42. The van der Waals surface area contributed by atoms with Crippen LogP contribution >= 0.6 is 0 Å². The molecule has 1 heterocycles. The lowest BCUT2D eigenvalue weighted by molar-refractivity contribution is 0.458. The van der Waals surface area contributed by atoms with Crippen LogP contribution in [0.2, 0.25) is 0 Å². The van der Waals surface area contributed by atoms with Crippen LogP contribution in [-0.4, -0.2) is 13.1 Å². The van der Waals surface area contributed by atoms with Gasteiger partial charge in [-0.2, -0.15) is 0 Å². The number of nitrogens with one attached hydrogen (secondary N) is 1. The van der Waals surface area contributed by atoms with Gasteiger partial charge in [0.1, 0.15) is 0 Å². The highest BCUT2D eigenvalue weighted by molar-refractivity contribution is 5.33. The fourth-order valence-corrected chi connectivity index (χ4v) is 2.53. The molecule has 1 nitrogen and oxygen atoms in total. The van der Waals surface area contributed by atoms with Crippen molar-refractivity contribution in [2.24, 2.45) is 0 Å². The first-order valence-corrected chi connectivity index (χ1v) is 6.08. The summed E-state index contributed by atoms with van der Waals surface area (Å²) in [4.78, 5) is 0. The van der Waals surface area contributed by atoms with Crippen molar-refractivity contribution in [3.63, 3.8) is 0 Å². The van der Waals surface area contributed by atoms with Crippen LogP contribution in [0.3, 0.4) is 0 Å². The van der Waals surface area contributed by atoms with E-state index in [9.17, 15) is 0 Å². The molecular weight excluding hydrogens is 182 g/mol. The Hall–Kier alpha value is -0.820. The highest BCUT2D eigenvalue weighted by atomic mass is 14.9. The standard InChI is InChI=1S/C14H21N/c1-11(2)13-7-3-4-8-14(13)12-6-5-9-15-10-12/h3-4,7-8,11-12,15H,5-6,9-10H2,1-2H3/t12-/m0/s1. The minimum absolute atomic E-state index is 0.642. The van der Waals surface area contributed by atoms with Crippen LogP contribution in [0.25, 0.3) is 0 Å². The van der Waals surface area contributed by atoms with E-state index >= 15 is 0 Å². The van der Waals surface area contributed by atoms with Crippen LogP contribution < -0.4 is 5.32 Å². The number of piperidine rings is 1. The second kappa shape index (κ2) is 4.80. The lowest BCUT2D eigenvalue weighted by atomic mass is 9.85. The van der Waals surface area contributed by atoms with Crippen LogP contribution in [0.15, 0.2) is 24.3 Å². The van der Waals surface area contributed by atoms with E-state index in [4.69, 9.17) is 0 Å². The van der Waals surface area contributed by atoms with Crippen molar-refractivity contribution in [1.82, 2.24) is 5.32 Å². The molecule has 1 aromatic rings. The molecule has 1 atom stereocenters. The lowest BCUT2D eigenvalue weighted by Crippen LogP contribution is -2.28. The summed E-state index contributed by atoms with van der Waals surface area (Å²) >= 11 is 0. The van der Waals surface area contributed by atoms with Crippen molar-refractivity contribution in [1.29, 1.82) is 0 Å². The van der Waals surface area contributed by atoms with Gasteiger partial charge in [-0.3, -0.25) is 0 Å². The van der Waals surface area contributed by atoms with Gasteiger partial charge in [0, 0.05) is 6.54 Å². The predicted octanol–water partition coefficient (Wildman–Crippen LogP) is 3.28. The zero-order chi connectivity index (χ0) is 10.7. The second-order valence-corrected chi connectivity index (χ2v) is 4.83. The van der Waals surface area contributed by atoms with Crippen molar-refractivity contribution in [3.05, 3.63) is 35.4 Å². The minimum Gasteiger partial charge on any atom is -0.316 e. The van der Waals surface area contributed by atoms with Gasteiger partial charge >= 0.3 is 0 Å². The van der Waals surface area contributed by atoms with E-state index in [1.54, 1.807) is 5.56 Å². The number of hydrogen-bond acceptors (Lipinski definition) is 1. The molecule has 1 aromatic carbocycles. The van der Waals surface area contributed by atoms with E-state index in [2.05, 4.69) is 43.4 Å². The maximum atomic E-state index is 3.50. The number of hydrogen-bond donors (Lipinski definition) is 1. The molecule has 1 N–H and O–H groups in total. The summed E-state index contributed by atoms with van der Waals surface area (Å²) in [6.45, 7) is 6.92. The Balaban J connectivity index is 2.25. The van der Waals surface area contributed by atoms with Gasteiger partial charge in [0.2, 0.25) is 0 Å². The van der Waals surface area contributed by atoms with E-state index in [1.165, 1.54) is 24.9 Å². The van der Waals surface area contributed by atoms with Crippen LogP contribution in [0.1, 0.15) is 49.7 Å². The van der Waals surface area contributed by atoms with Crippen LogP contribution in [0.4, 0.5) is 0 Å². The van der Waals surface area contributed by atoms with Gasteiger partial charge in [-0.25, -0.2) is 0 Å². The van der Waals surface area contributed by atoms with Crippen molar-refractivity contribution >= 4 is 0 Å². The Morgan fingerprint density at radius 3 is 2.73 bits per heavy atom. The summed E-state index contributed by atoms with van der Waals surface area (Å²) < 4.78 is 0. The molecule has 1 fully saturated rings. The maximum Gasteiger partial charge on any atom is 0.00202 e. The molecule has 0 spiro atoms. The normalized spacial score (nSPS) is 21.9. The Labute approximate surface area is 92.9 Å². The molecule has 1 aliphatic rings. The highest BCUT2D eigenvalue weighted by Gasteiger charge is 2.18. The lowest BCUT2D eigenvalue weighted by Gasteiger charge is -2.26. The third-order valence-corrected chi connectivity index (χ3v) is 3.35. The molecule has 0 bridgehead atoms. The smallest absolute Gasteiger partial charge is 0.00202 e. The molecule has 2 rings (SSSR count). The molecule has 0 radical (unpaired) electrons. The molecule has 1 aliphatic heterocycles. The minimum atomic E-state index is 0.642. The summed E-state index contributed by atoms with van der Waals surface area (Å²) in [6, 6.07) is 8.94. The summed E-state index contributed by atoms with van der Waals surface area (Å²) in [5.41, 5.74) is 3.10. The molecule has 1 heteroatoms. The monoisotopic (exact) mass is 203 g/mol. The molecular formula is C14H21N. The quantitative estimate of drug-likeness (QED) is 0.778. The first kappa shape index (κ1) is 10.7. The molecule has 0 aromatic heterocycles. The van der Waals surface area contributed by atoms with E-state index < -0.39 is 0 Å². The van der Waals surface area contributed by atoms with Gasteiger partial charge in [-0.05, 0) is 42.3 Å². The molecule has 0 saturated carbocycles. The third-order valence-electron chi connectivity index (χ3n) is 3.35. The maximum absolute atomic E-state index is 3.50. The van der Waals surface area contributed by atoms with Crippen molar-refractivity contribution in [3.8, 4) is 0 Å². The molecule has 0 aliphatic carbocycles. The first-order valence-electron chi connectivity index (χ1n) is 6.08. The van der Waals surface area contributed by atoms with Crippen molar-refractivity contribution in [2.75, 3.05) is 13.1 Å². The van der Waals surface area contributed by atoms with Crippen molar-refractivity contribution < 1.29 is 0 Å². The van der Waals surface area contributed by atoms with Gasteiger partial charge in [0.25, 0.3) is 0 Å².